The number of anilines is 1. The maximum Gasteiger partial charge on any atom is 0.248 e. The van der Waals surface area contributed by atoms with Gasteiger partial charge in [0, 0.05) is 12.1 Å². The van der Waals surface area contributed by atoms with Crippen LogP contribution in [0, 0.1) is 5.92 Å². The summed E-state index contributed by atoms with van der Waals surface area (Å²) >= 11 is 0. The minimum absolute atomic E-state index is 0.0594. The number of amides is 1. The Hall–Kier alpha value is -2.80. The van der Waals surface area contributed by atoms with Gasteiger partial charge in [-0.05, 0) is 48.1 Å². The van der Waals surface area contributed by atoms with Gasteiger partial charge in [0.25, 0.3) is 0 Å². The topological polar surface area (TPSA) is 98.5 Å². The quantitative estimate of drug-likeness (QED) is 0.696. The van der Waals surface area contributed by atoms with E-state index in [1.54, 1.807) is 24.3 Å². The fraction of sp³-hybridized carbons (Fsp3) is 0.375. The zero-order valence-corrected chi connectivity index (χ0v) is 18.5. The van der Waals surface area contributed by atoms with Gasteiger partial charge in [-0.2, -0.15) is 0 Å². The summed E-state index contributed by atoms with van der Waals surface area (Å²) in [4.78, 5) is 11.6. The van der Waals surface area contributed by atoms with Gasteiger partial charge in [-0.15, -0.1) is 6.58 Å². The third kappa shape index (κ3) is 3.82. The second-order valence-corrected chi connectivity index (χ2v) is 10.8. The van der Waals surface area contributed by atoms with Crippen LogP contribution in [0.2, 0.25) is 0 Å². The Morgan fingerprint density at radius 2 is 2.13 bits per heavy atom. The number of hydrogen-bond acceptors (Lipinski definition) is 5. The summed E-state index contributed by atoms with van der Waals surface area (Å²) in [6.07, 6.45) is 2.93. The number of rotatable bonds is 5. The molecule has 7 heteroatoms. The van der Waals surface area contributed by atoms with Gasteiger partial charge in [0.1, 0.15) is 12.4 Å². The molecule has 2 aliphatic rings. The number of benzene rings is 2. The Bertz CT molecular complexity index is 1130. The molecular weight excluding hydrogens is 412 g/mol. The lowest BCUT2D eigenvalue weighted by Gasteiger charge is -2.44. The highest BCUT2D eigenvalue weighted by Crippen LogP contribution is 2.45. The molecule has 0 radical (unpaired) electrons. The van der Waals surface area contributed by atoms with E-state index in [2.05, 4.69) is 18.0 Å². The Morgan fingerprint density at radius 1 is 1.35 bits per heavy atom. The maximum atomic E-state index is 13.6. The Labute approximate surface area is 183 Å². The summed E-state index contributed by atoms with van der Waals surface area (Å²) in [6, 6.07) is 13.0. The average molecular weight is 441 g/mol. The zero-order chi connectivity index (χ0) is 22.2. The average Bonchev–Trinajstić information content (AvgIpc) is 2.94. The van der Waals surface area contributed by atoms with Crippen molar-refractivity contribution in [1.29, 1.82) is 0 Å². The lowest BCUT2D eigenvalue weighted by molar-refractivity contribution is 0.1000. The highest BCUT2D eigenvalue weighted by Gasteiger charge is 2.51. The van der Waals surface area contributed by atoms with Gasteiger partial charge in [0.2, 0.25) is 5.91 Å². The van der Waals surface area contributed by atoms with Crippen LogP contribution >= 0.6 is 0 Å². The minimum atomic E-state index is -3.44. The van der Waals surface area contributed by atoms with Gasteiger partial charge in [0.05, 0.1) is 22.1 Å². The molecule has 0 saturated heterocycles. The van der Waals surface area contributed by atoms with Crippen LogP contribution < -0.4 is 15.8 Å². The Balaban J connectivity index is 1.79. The largest absolute Gasteiger partial charge is 0.490 e. The predicted octanol–water partition coefficient (Wildman–Crippen LogP) is 3.08. The second-order valence-electron chi connectivity index (χ2n) is 8.60. The molecular formula is C24H28N2O4S. The number of fused-ring (bicyclic) bond motifs is 3. The van der Waals surface area contributed by atoms with Crippen molar-refractivity contribution in [3.8, 4) is 5.75 Å². The second kappa shape index (κ2) is 8.04. The first-order chi connectivity index (χ1) is 14.8. The van der Waals surface area contributed by atoms with E-state index in [9.17, 15) is 13.2 Å². The third-order valence-electron chi connectivity index (χ3n) is 6.52. The van der Waals surface area contributed by atoms with Crippen molar-refractivity contribution < 1.29 is 17.9 Å². The third-order valence-corrected chi connectivity index (χ3v) is 9.06. The maximum absolute atomic E-state index is 13.6. The molecule has 1 aliphatic heterocycles. The molecule has 0 saturated carbocycles. The molecule has 1 aliphatic carbocycles. The first-order valence-electron chi connectivity index (χ1n) is 10.5. The lowest BCUT2D eigenvalue weighted by Crippen LogP contribution is -2.55. The predicted molar refractivity (Wildman–Crippen MR) is 122 cm³/mol. The molecule has 2 unspecified atom stereocenters. The van der Waals surface area contributed by atoms with Crippen molar-refractivity contribution in [1.82, 2.24) is 0 Å². The smallest absolute Gasteiger partial charge is 0.248 e. The molecule has 3 N–H and O–H groups in total. The highest BCUT2D eigenvalue weighted by atomic mass is 32.2. The molecule has 31 heavy (non-hydrogen) atoms. The molecule has 1 spiro atoms. The number of carbonyl (C=O) groups excluding carboxylic acids is 1. The van der Waals surface area contributed by atoms with Crippen molar-refractivity contribution >= 4 is 21.4 Å². The van der Waals surface area contributed by atoms with E-state index < -0.39 is 26.4 Å². The van der Waals surface area contributed by atoms with Gasteiger partial charge >= 0.3 is 0 Å². The number of primary amides is 1. The van der Waals surface area contributed by atoms with Crippen molar-refractivity contribution in [2.24, 2.45) is 11.7 Å². The van der Waals surface area contributed by atoms with Crippen LogP contribution in [0.25, 0.3) is 0 Å². The molecule has 1 heterocycles. The summed E-state index contributed by atoms with van der Waals surface area (Å²) in [5.41, 5.74) is 7.86. The summed E-state index contributed by atoms with van der Waals surface area (Å²) < 4.78 is 33.3. The van der Waals surface area contributed by atoms with Gasteiger partial charge < -0.3 is 15.8 Å². The summed E-state index contributed by atoms with van der Waals surface area (Å²) in [5.74, 6) is -0.00990. The van der Waals surface area contributed by atoms with E-state index in [0.717, 1.165) is 11.1 Å². The highest BCUT2D eigenvalue weighted by molar-refractivity contribution is 7.92. The van der Waals surface area contributed by atoms with E-state index in [0.29, 0.717) is 36.4 Å². The standard InChI is InChI=1S/C24H28N2O4S/c1-3-16(2)13-31(28,29)22-11-9-17-6-4-5-7-19(17)24(22)14-26-20-12-18(23(25)27)8-10-21(20)30-15-24/h3-8,10,12,16,22,26H,1,9,11,13-15H2,2H3,(H2,25,27)/t16-,22?,24?/m1/s1. The monoisotopic (exact) mass is 440 g/mol. The van der Waals surface area contributed by atoms with E-state index >= 15 is 0 Å². The molecule has 2 aromatic carbocycles. The van der Waals surface area contributed by atoms with Crippen molar-refractivity contribution in [2.75, 3.05) is 24.2 Å². The molecule has 0 fully saturated rings. The van der Waals surface area contributed by atoms with Gasteiger partial charge in [-0.1, -0.05) is 37.3 Å². The number of allylic oxidation sites excluding steroid dienone is 1. The van der Waals surface area contributed by atoms with Gasteiger partial charge in [-0.25, -0.2) is 8.42 Å². The van der Waals surface area contributed by atoms with Crippen LogP contribution in [-0.4, -0.2) is 38.5 Å². The van der Waals surface area contributed by atoms with Crippen LogP contribution in [0.5, 0.6) is 5.75 Å². The lowest BCUT2D eigenvalue weighted by atomic mass is 9.70. The normalized spacial score (nSPS) is 23.5. The van der Waals surface area contributed by atoms with E-state index in [-0.39, 0.29) is 18.3 Å². The summed E-state index contributed by atoms with van der Waals surface area (Å²) in [6.45, 7) is 6.24. The SMILES string of the molecule is C=C[C@@H](C)CS(=O)(=O)C1CCc2ccccc2C12CNc1cc(C(N)=O)ccc1OC2. The number of carbonyl (C=O) groups is 1. The van der Waals surface area contributed by atoms with Crippen LogP contribution in [0.3, 0.4) is 0 Å². The molecule has 2 aromatic rings. The molecule has 4 rings (SSSR count). The first kappa shape index (κ1) is 21.4. The Morgan fingerprint density at radius 3 is 2.87 bits per heavy atom. The number of hydrogen-bond donors (Lipinski definition) is 2. The van der Waals surface area contributed by atoms with E-state index in [1.807, 2.05) is 25.1 Å². The summed E-state index contributed by atoms with van der Waals surface area (Å²) in [7, 11) is -3.44. The molecule has 1 amide bonds. The van der Waals surface area contributed by atoms with Crippen LogP contribution in [0.1, 0.15) is 34.8 Å². The fourth-order valence-corrected chi connectivity index (χ4v) is 7.42. The van der Waals surface area contributed by atoms with Crippen molar-refractivity contribution in [3.63, 3.8) is 0 Å². The van der Waals surface area contributed by atoms with Crippen LogP contribution in [0.15, 0.2) is 55.1 Å². The fourth-order valence-electron chi connectivity index (χ4n) is 4.87. The van der Waals surface area contributed by atoms with Crippen LogP contribution in [-0.2, 0) is 21.7 Å². The molecule has 0 bridgehead atoms. The van der Waals surface area contributed by atoms with E-state index in [1.165, 1.54) is 0 Å². The van der Waals surface area contributed by atoms with Crippen molar-refractivity contribution in [3.05, 3.63) is 71.8 Å². The Kier molecular flexibility index (Phi) is 5.56. The molecule has 0 aromatic heterocycles. The molecule has 164 valence electrons. The number of sulfone groups is 1. The summed E-state index contributed by atoms with van der Waals surface area (Å²) in [5, 5.41) is 2.79. The van der Waals surface area contributed by atoms with Crippen molar-refractivity contribution in [2.45, 2.75) is 30.4 Å². The van der Waals surface area contributed by atoms with E-state index in [4.69, 9.17) is 10.5 Å². The molecule has 6 nitrogen and oxygen atoms in total. The number of aryl methyl sites for hydroxylation is 1. The number of ether oxygens (including phenoxy) is 1. The van der Waals surface area contributed by atoms with Gasteiger partial charge in [0.15, 0.2) is 9.84 Å². The van der Waals surface area contributed by atoms with Gasteiger partial charge in [-0.3, -0.25) is 4.79 Å². The zero-order valence-electron chi connectivity index (χ0n) is 17.6. The minimum Gasteiger partial charge on any atom is -0.490 e. The number of nitrogens with two attached hydrogens (primary N) is 1. The molecule has 3 atom stereocenters. The first-order valence-corrected chi connectivity index (χ1v) is 12.2. The number of nitrogens with one attached hydrogen (secondary N) is 1. The van der Waals surface area contributed by atoms with Crippen LogP contribution in [0.4, 0.5) is 5.69 Å².